The molecule has 0 aliphatic heterocycles. The van der Waals surface area contributed by atoms with Crippen molar-refractivity contribution in [2.24, 2.45) is 0 Å². The minimum atomic E-state index is -3.10. The predicted molar refractivity (Wildman–Crippen MR) is 84.2 cm³/mol. The Morgan fingerprint density at radius 3 is 2.73 bits per heavy atom. The van der Waals surface area contributed by atoms with Crippen LogP contribution >= 0.6 is 0 Å². The molecule has 0 saturated heterocycles. The number of methoxy groups -OCH3 is 1. The Morgan fingerprint density at radius 1 is 1.36 bits per heavy atom. The van der Waals surface area contributed by atoms with Gasteiger partial charge in [0.15, 0.2) is 15.6 Å². The van der Waals surface area contributed by atoms with E-state index in [1.807, 2.05) is 6.07 Å². The molecule has 1 amide bonds. The van der Waals surface area contributed by atoms with Crippen LogP contribution in [0.5, 0.6) is 5.75 Å². The number of sulfone groups is 1. The maximum atomic E-state index is 12.1. The first-order valence-corrected chi connectivity index (χ1v) is 8.76. The van der Waals surface area contributed by atoms with Crippen LogP contribution in [0.3, 0.4) is 0 Å². The second-order valence-corrected chi connectivity index (χ2v) is 7.38. The van der Waals surface area contributed by atoms with E-state index < -0.39 is 15.7 Å². The number of ether oxygens (including phenoxy) is 1. The van der Waals surface area contributed by atoms with E-state index in [1.54, 1.807) is 33.1 Å². The molecule has 22 heavy (non-hydrogen) atoms. The summed E-state index contributed by atoms with van der Waals surface area (Å²) in [6.45, 7) is 3.43. The van der Waals surface area contributed by atoms with Gasteiger partial charge in [-0.25, -0.2) is 8.42 Å². The van der Waals surface area contributed by atoms with Gasteiger partial charge < -0.3 is 14.5 Å². The number of carbonyl (C=O) groups is 1. The van der Waals surface area contributed by atoms with E-state index in [1.165, 1.54) is 0 Å². The largest absolute Gasteiger partial charge is 0.497 e. The van der Waals surface area contributed by atoms with Gasteiger partial charge in [-0.2, -0.15) is 0 Å². The summed E-state index contributed by atoms with van der Waals surface area (Å²) >= 11 is 0. The molecule has 120 valence electrons. The Bertz CT molecular complexity index is 792. The standard InChI is InChI=1S/C15H19NO5S/c1-4-22(18,19)8-7-16-15(17)14-10(2)12-6-5-11(20-3)9-13(12)21-14/h5-6,9H,4,7-8H2,1-3H3,(H,16,17). The van der Waals surface area contributed by atoms with E-state index in [9.17, 15) is 13.2 Å². The smallest absolute Gasteiger partial charge is 0.287 e. The summed E-state index contributed by atoms with van der Waals surface area (Å²) in [5, 5.41) is 3.40. The van der Waals surface area contributed by atoms with Crippen LogP contribution in [-0.2, 0) is 9.84 Å². The van der Waals surface area contributed by atoms with Crippen LogP contribution in [0.4, 0.5) is 0 Å². The second kappa shape index (κ2) is 6.39. The molecule has 0 bridgehead atoms. The third kappa shape index (κ3) is 3.41. The molecule has 1 aromatic carbocycles. The summed E-state index contributed by atoms with van der Waals surface area (Å²) in [7, 11) is -1.55. The summed E-state index contributed by atoms with van der Waals surface area (Å²) in [5.74, 6) is 0.396. The van der Waals surface area contributed by atoms with Crippen LogP contribution in [-0.4, -0.2) is 39.5 Å². The van der Waals surface area contributed by atoms with Crippen LogP contribution in [0.25, 0.3) is 11.0 Å². The van der Waals surface area contributed by atoms with Crippen LogP contribution in [0.2, 0.25) is 0 Å². The van der Waals surface area contributed by atoms with Gasteiger partial charge >= 0.3 is 0 Å². The van der Waals surface area contributed by atoms with Crippen LogP contribution in [0.15, 0.2) is 22.6 Å². The van der Waals surface area contributed by atoms with Crippen molar-refractivity contribution in [2.45, 2.75) is 13.8 Å². The Labute approximate surface area is 129 Å². The molecule has 2 rings (SSSR count). The number of furan rings is 1. The van der Waals surface area contributed by atoms with Crippen molar-refractivity contribution < 1.29 is 22.4 Å². The van der Waals surface area contributed by atoms with Crippen molar-refractivity contribution >= 4 is 26.7 Å². The molecule has 2 aromatic rings. The van der Waals surface area contributed by atoms with E-state index in [2.05, 4.69) is 5.32 Å². The van der Waals surface area contributed by atoms with Gasteiger partial charge in [0.1, 0.15) is 11.3 Å². The van der Waals surface area contributed by atoms with E-state index >= 15 is 0 Å². The minimum absolute atomic E-state index is 0.0618. The molecule has 1 heterocycles. The third-order valence-electron chi connectivity index (χ3n) is 3.49. The van der Waals surface area contributed by atoms with Gasteiger partial charge in [-0.15, -0.1) is 0 Å². The number of fused-ring (bicyclic) bond motifs is 1. The SMILES string of the molecule is CCS(=O)(=O)CCNC(=O)c1oc2cc(OC)ccc2c1C. The highest BCUT2D eigenvalue weighted by molar-refractivity contribution is 7.91. The molecule has 0 radical (unpaired) electrons. The molecular weight excluding hydrogens is 306 g/mol. The fourth-order valence-corrected chi connectivity index (χ4v) is 2.80. The van der Waals surface area contributed by atoms with E-state index in [4.69, 9.17) is 9.15 Å². The highest BCUT2D eigenvalue weighted by Gasteiger charge is 2.18. The molecule has 0 aliphatic carbocycles. The summed E-state index contributed by atoms with van der Waals surface area (Å²) in [4.78, 5) is 12.1. The number of hydrogen-bond acceptors (Lipinski definition) is 5. The summed E-state index contributed by atoms with van der Waals surface area (Å²) in [6.07, 6.45) is 0. The van der Waals surface area contributed by atoms with Gasteiger partial charge in [-0.05, 0) is 19.1 Å². The highest BCUT2D eigenvalue weighted by Crippen LogP contribution is 2.28. The number of rotatable bonds is 6. The lowest BCUT2D eigenvalue weighted by molar-refractivity contribution is 0.0930. The molecule has 1 N–H and O–H groups in total. The molecule has 1 aromatic heterocycles. The van der Waals surface area contributed by atoms with E-state index in [0.717, 1.165) is 5.39 Å². The fraction of sp³-hybridized carbons (Fsp3) is 0.400. The Hall–Kier alpha value is -2.02. The molecule has 7 heteroatoms. The molecule has 0 unspecified atom stereocenters. The first kappa shape index (κ1) is 16.4. The number of carbonyl (C=O) groups excluding carboxylic acids is 1. The monoisotopic (exact) mass is 325 g/mol. The number of aryl methyl sites for hydroxylation is 1. The van der Waals surface area contributed by atoms with Gasteiger partial charge in [0.05, 0.1) is 12.9 Å². The molecule has 0 saturated carbocycles. The maximum Gasteiger partial charge on any atom is 0.287 e. The van der Waals surface area contributed by atoms with Gasteiger partial charge in [0.2, 0.25) is 0 Å². The van der Waals surface area contributed by atoms with Crippen molar-refractivity contribution in [2.75, 3.05) is 25.2 Å². The average Bonchev–Trinajstić information content (AvgIpc) is 2.83. The Balaban J connectivity index is 2.16. The summed E-state index contributed by atoms with van der Waals surface area (Å²) in [6, 6.07) is 5.33. The molecular formula is C15H19NO5S. The lowest BCUT2D eigenvalue weighted by Gasteiger charge is -2.03. The Morgan fingerprint density at radius 2 is 2.09 bits per heavy atom. The van der Waals surface area contributed by atoms with Gasteiger partial charge in [-0.1, -0.05) is 6.92 Å². The number of amides is 1. The summed E-state index contributed by atoms with van der Waals surface area (Å²) < 4.78 is 33.5. The van der Waals surface area contributed by atoms with E-state index in [-0.39, 0.29) is 23.8 Å². The predicted octanol–water partition coefficient (Wildman–Crippen LogP) is 1.91. The van der Waals surface area contributed by atoms with Crippen LogP contribution < -0.4 is 10.1 Å². The van der Waals surface area contributed by atoms with Gasteiger partial charge in [0.25, 0.3) is 5.91 Å². The lowest BCUT2D eigenvalue weighted by Crippen LogP contribution is -2.29. The normalized spacial score (nSPS) is 11.6. The Kier molecular flexibility index (Phi) is 4.75. The molecule has 6 nitrogen and oxygen atoms in total. The lowest BCUT2D eigenvalue weighted by atomic mass is 10.1. The average molecular weight is 325 g/mol. The van der Waals surface area contributed by atoms with E-state index in [0.29, 0.717) is 16.9 Å². The zero-order chi connectivity index (χ0) is 16.3. The van der Waals surface area contributed by atoms with Gasteiger partial charge in [0, 0.05) is 29.3 Å². The van der Waals surface area contributed by atoms with Crippen LogP contribution in [0, 0.1) is 6.92 Å². The summed E-state index contributed by atoms with van der Waals surface area (Å²) in [5.41, 5.74) is 1.27. The highest BCUT2D eigenvalue weighted by atomic mass is 32.2. The molecule has 0 spiro atoms. The zero-order valence-electron chi connectivity index (χ0n) is 12.8. The van der Waals surface area contributed by atoms with Crippen molar-refractivity contribution in [3.63, 3.8) is 0 Å². The van der Waals surface area contributed by atoms with Crippen molar-refractivity contribution in [3.8, 4) is 5.75 Å². The fourth-order valence-electron chi connectivity index (χ4n) is 2.09. The topological polar surface area (TPSA) is 85.6 Å². The number of nitrogens with one attached hydrogen (secondary N) is 1. The van der Waals surface area contributed by atoms with Crippen molar-refractivity contribution in [3.05, 3.63) is 29.5 Å². The number of benzene rings is 1. The zero-order valence-corrected chi connectivity index (χ0v) is 13.6. The van der Waals surface area contributed by atoms with Gasteiger partial charge in [-0.3, -0.25) is 4.79 Å². The quantitative estimate of drug-likeness (QED) is 0.877. The first-order chi connectivity index (χ1) is 10.4. The van der Waals surface area contributed by atoms with Crippen LogP contribution in [0.1, 0.15) is 23.0 Å². The second-order valence-electron chi connectivity index (χ2n) is 4.91. The third-order valence-corrected chi connectivity index (χ3v) is 5.20. The first-order valence-electron chi connectivity index (χ1n) is 6.93. The van der Waals surface area contributed by atoms with Crippen molar-refractivity contribution in [1.82, 2.24) is 5.32 Å². The minimum Gasteiger partial charge on any atom is -0.497 e. The molecule has 0 fully saturated rings. The molecule has 0 atom stereocenters. The number of hydrogen-bond donors (Lipinski definition) is 1. The molecule has 0 aliphatic rings. The maximum absolute atomic E-state index is 12.1. The van der Waals surface area contributed by atoms with Crippen molar-refractivity contribution in [1.29, 1.82) is 0 Å².